The Morgan fingerprint density at radius 3 is 2.61 bits per heavy atom. The summed E-state index contributed by atoms with van der Waals surface area (Å²) in [5, 5.41) is 11.5. The topological polar surface area (TPSA) is 41.9 Å². The van der Waals surface area contributed by atoms with Crippen LogP contribution in [-0.2, 0) is 20.0 Å². The van der Waals surface area contributed by atoms with Crippen molar-refractivity contribution in [3.8, 4) is 0 Å². The van der Waals surface area contributed by atoms with Crippen molar-refractivity contribution in [3.05, 3.63) is 17.5 Å². The molecular formula is C14H28N4. The summed E-state index contributed by atoms with van der Waals surface area (Å²) in [4.78, 5) is 0. The molecule has 0 saturated carbocycles. The number of rotatable bonds is 6. The molecule has 0 aromatic carbocycles. The second kappa shape index (κ2) is 6.34. The fourth-order valence-electron chi connectivity index (χ4n) is 1.84. The molecule has 1 aromatic heterocycles. The van der Waals surface area contributed by atoms with E-state index < -0.39 is 0 Å². The van der Waals surface area contributed by atoms with E-state index in [-0.39, 0.29) is 5.54 Å². The Balaban J connectivity index is 2.40. The predicted octanol–water partition coefficient (Wildman–Crippen LogP) is 1.85. The third kappa shape index (κ3) is 5.19. The molecule has 0 radical (unpaired) electrons. The molecule has 2 N–H and O–H groups in total. The molecule has 104 valence electrons. The molecule has 0 saturated heterocycles. The van der Waals surface area contributed by atoms with Gasteiger partial charge in [-0.1, -0.05) is 6.92 Å². The molecule has 1 rings (SSSR count). The number of hydrogen-bond donors (Lipinski definition) is 2. The van der Waals surface area contributed by atoms with Crippen LogP contribution in [0.15, 0.2) is 6.20 Å². The minimum absolute atomic E-state index is 0.179. The Labute approximate surface area is 111 Å². The van der Waals surface area contributed by atoms with Gasteiger partial charge in [0.25, 0.3) is 0 Å². The Morgan fingerprint density at radius 1 is 1.39 bits per heavy atom. The van der Waals surface area contributed by atoms with Crippen LogP contribution in [0.1, 0.15) is 45.9 Å². The highest BCUT2D eigenvalue weighted by Gasteiger charge is 2.11. The van der Waals surface area contributed by atoms with E-state index in [0.717, 1.165) is 19.5 Å². The Hall–Kier alpha value is -0.870. The van der Waals surface area contributed by atoms with Crippen LogP contribution in [0.3, 0.4) is 0 Å². The third-order valence-electron chi connectivity index (χ3n) is 2.91. The highest BCUT2D eigenvalue weighted by Crippen LogP contribution is 2.07. The molecule has 0 bridgehead atoms. The van der Waals surface area contributed by atoms with Gasteiger partial charge in [0.15, 0.2) is 0 Å². The lowest BCUT2D eigenvalue weighted by atomic mass is 10.1. The Kier molecular flexibility index (Phi) is 5.35. The molecule has 0 fully saturated rings. The van der Waals surface area contributed by atoms with E-state index in [9.17, 15) is 0 Å². The third-order valence-corrected chi connectivity index (χ3v) is 2.91. The molecule has 18 heavy (non-hydrogen) atoms. The summed E-state index contributed by atoms with van der Waals surface area (Å²) < 4.78 is 1.90. The maximum atomic E-state index is 4.45. The lowest BCUT2D eigenvalue weighted by Gasteiger charge is -2.24. The van der Waals surface area contributed by atoms with E-state index in [1.54, 1.807) is 0 Å². The van der Waals surface area contributed by atoms with Crippen molar-refractivity contribution < 1.29 is 0 Å². The second-order valence-corrected chi connectivity index (χ2v) is 6.04. The minimum Gasteiger partial charge on any atom is -0.311 e. The van der Waals surface area contributed by atoms with Crippen LogP contribution in [-0.4, -0.2) is 27.9 Å². The molecule has 4 heteroatoms. The van der Waals surface area contributed by atoms with E-state index in [1.807, 2.05) is 11.7 Å². The molecule has 0 aliphatic heterocycles. The van der Waals surface area contributed by atoms with Crippen molar-refractivity contribution in [2.24, 2.45) is 7.05 Å². The van der Waals surface area contributed by atoms with E-state index in [0.29, 0.717) is 6.04 Å². The van der Waals surface area contributed by atoms with Crippen molar-refractivity contribution in [3.63, 3.8) is 0 Å². The molecule has 1 heterocycles. The first-order valence-corrected chi connectivity index (χ1v) is 6.81. The summed E-state index contributed by atoms with van der Waals surface area (Å²) in [6.07, 6.45) is 3.10. The average molecular weight is 252 g/mol. The van der Waals surface area contributed by atoms with E-state index in [4.69, 9.17) is 0 Å². The van der Waals surface area contributed by atoms with Crippen LogP contribution < -0.4 is 10.6 Å². The highest BCUT2D eigenvalue weighted by atomic mass is 15.3. The second-order valence-electron chi connectivity index (χ2n) is 6.04. The van der Waals surface area contributed by atoms with Gasteiger partial charge in [0.2, 0.25) is 0 Å². The first-order chi connectivity index (χ1) is 8.31. The summed E-state index contributed by atoms with van der Waals surface area (Å²) in [5.74, 6) is 0. The number of nitrogens with zero attached hydrogens (tertiary/aromatic N) is 2. The first-order valence-electron chi connectivity index (χ1n) is 6.81. The number of hydrogen-bond acceptors (Lipinski definition) is 3. The zero-order chi connectivity index (χ0) is 13.8. The monoisotopic (exact) mass is 252 g/mol. The lowest BCUT2D eigenvalue weighted by Crippen LogP contribution is -2.44. The molecule has 1 unspecified atom stereocenters. The Morgan fingerprint density at radius 2 is 2.06 bits per heavy atom. The standard InChI is InChI=1S/C14H28N4/c1-7-13-12(10-18(6)17-13)9-15-11(2)8-16-14(3,4)5/h10-11,15-16H,7-9H2,1-6H3. The Bertz CT molecular complexity index is 362. The zero-order valence-corrected chi connectivity index (χ0v) is 12.7. The van der Waals surface area contributed by atoms with Crippen molar-refractivity contribution in [2.45, 2.75) is 59.2 Å². The molecule has 0 aliphatic carbocycles. The van der Waals surface area contributed by atoms with Crippen molar-refractivity contribution >= 4 is 0 Å². The van der Waals surface area contributed by atoms with E-state index >= 15 is 0 Å². The summed E-state index contributed by atoms with van der Waals surface area (Å²) in [7, 11) is 1.98. The van der Waals surface area contributed by atoms with Crippen LogP contribution in [0.5, 0.6) is 0 Å². The summed E-state index contributed by atoms with van der Waals surface area (Å²) in [6, 6.07) is 0.453. The van der Waals surface area contributed by atoms with E-state index in [1.165, 1.54) is 11.3 Å². The first kappa shape index (κ1) is 15.2. The van der Waals surface area contributed by atoms with Crippen molar-refractivity contribution in [1.29, 1.82) is 0 Å². The SMILES string of the molecule is CCc1nn(C)cc1CNC(C)CNC(C)(C)C. The van der Waals surface area contributed by atoms with Crippen LogP contribution >= 0.6 is 0 Å². The van der Waals surface area contributed by atoms with Crippen molar-refractivity contribution in [1.82, 2.24) is 20.4 Å². The molecule has 0 aliphatic rings. The smallest absolute Gasteiger partial charge is 0.0666 e. The summed E-state index contributed by atoms with van der Waals surface area (Å²) >= 11 is 0. The number of aromatic nitrogens is 2. The largest absolute Gasteiger partial charge is 0.311 e. The summed E-state index contributed by atoms with van der Waals surface area (Å²) in [5.41, 5.74) is 2.68. The normalized spacial score (nSPS) is 13.9. The highest BCUT2D eigenvalue weighted by molar-refractivity contribution is 5.16. The van der Waals surface area contributed by atoms with Gasteiger partial charge in [-0.25, -0.2) is 0 Å². The van der Waals surface area contributed by atoms with Gasteiger partial charge in [-0.2, -0.15) is 5.10 Å². The minimum atomic E-state index is 0.179. The predicted molar refractivity (Wildman–Crippen MR) is 76.6 cm³/mol. The van der Waals surface area contributed by atoms with Gasteiger partial charge >= 0.3 is 0 Å². The van der Waals surface area contributed by atoms with Gasteiger partial charge in [-0.3, -0.25) is 4.68 Å². The maximum absolute atomic E-state index is 4.45. The molecular weight excluding hydrogens is 224 g/mol. The van der Waals surface area contributed by atoms with Gasteiger partial charge in [-0.05, 0) is 34.1 Å². The zero-order valence-electron chi connectivity index (χ0n) is 12.7. The lowest BCUT2D eigenvalue weighted by molar-refractivity contribution is 0.387. The fourth-order valence-corrected chi connectivity index (χ4v) is 1.84. The summed E-state index contributed by atoms with van der Waals surface area (Å²) in [6.45, 7) is 12.8. The van der Waals surface area contributed by atoms with E-state index in [2.05, 4.69) is 56.5 Å². The molecule has 0 spiro atoms. The number of nitrogens with one attached hydrogen (secondary N) is 2. The molecule has 1 aromatic rings. The quantitative estimate of drug-likeness (QED) is 0.812. The van der Waals surface area contributed by atoms with Crippen molar-refractivity contribution in [2.75, 3.05) is 6.54 Å². The van der Waals surface area contributed by atoms with Gasteiger partial charge in [0.1, 0.15) is 0 Å². The van der Waals surface area contributed by atoms with Gasteiger partial charge in [0, 0.05) is 43.5 Å². The van der Waals surface area contributed by atoms with Crippen LogP contribution in [0, 0.1) is 0 Å². The van der Waals surface area contributed by atoms with Crippen LogP contribution in [0.4, 0.5) is 0 Å². The van der Waals surface area contributed by atoms with Crippen LogP contribution in [0.2, 0.25) is 0 Å². The van der Waals surface area contributed by atoms with Gasteiger partial charge in [-0.15, -0.1) is 0 Å². The number of aryl methyl sites for hydroxylation is 2. The molecule has 4 nitrogen and oxygen atoms in total. The van der Waals surface area contributed by atoms with Crippen LogP contribution in [0.25, 0.3) is 0 Å². The molecule has 0 amide bonds. The van der Waals surface area contributed by atoms with Gasteiger partial charge < -0.3 is 10.6 Å². The average Bonchev–Trinajstić information content (AvgIpc) is 2.63. The van der Waals surface area contributed by atoms with Gasteiger partial charge in [0.05, 0.1) is 5.69 Å². The fraction of sp³-hybridized carbons (Fsp3) is 0.786. The molecule has 1 atom stereocenters. The maximum Gasteiger partial charge on any atom is 0.0666 e.